The molecule has 0 saturated carbocycles. The predicted molar refractivity (Wildman–Crippen MR) is 207 cm³/mol. The third kappa shape index (κ3) is 11.6. The van der Waals surface area contributed by atoms with E-state index in [9.17, 15) is 19.2 Å². The highest BCUT2D eigenvalue weighted by Gasteiger charge is 2.36. The number of carbonyl (C=O) groups is 4. The highest BCUT2D eigenvalue weighted by atomic mass is 16.6. The minimum atomic E-state index is -1.44. The van der Waals surface area contributed by atoms with Gasteiger partial charge >= 0.3 is 24.1 Å². The van der Waals surface area contributed by atoms with Gasteiger partial charge in [0.15, 0.2) is 6.04 Å². The van der Waals surface area contributed by atoms with E-state index < -0.39 is 53.5 Å². The number of esters is 2. The Bertz CT molecular complexity index is 1900. The van der Waals surface area contributed by atoms with E-state index >= 15 is 0 Å². The van der Waals surface area contributed by atoms with E-state index in [2.05, 4.69) is 10.6 Å². The van der Waals surface area contributed by atoms with Crippen molar-refractivity contribution in [1.29, 1.82) is 0 Å². The summed E-state index contributed by atoms with van der Waals surface area (Å²) in [6.45, 7) is 12.3. The van der Waals surface area contributed by atoms with Gasteiger partial charge in [0, 0.05) is 12.3 Å². The quantitative estimate of drug-likeness (QED) is 0.103. The van der Waals surface area contributed by atoms with E-state index in [0.29, 0.717) is 11.3 Å². The first-order valence-corrected chi connectivity index (χ1v) is 18.4. The molecule has 0 unspecified atom stereocenters. The van der Waals surface area contributed by atoms with Crippen molar-refractivity contribution in [3.05, 3.63) is 125 Å². The summed E-state index contributed by atoms with van der Waals surface area (Å²) >= 11 is 0. The SMILES string of the molecule is C[C@@H](OC(=O)[C@@H](Cc1ccc(OC(C)(C)C)cc1)NC(=O)OCC1c2ccccc2-c2ccccc21)[C@H](NC(=O)OC(C)(C)C)C(=O)OCc1ccccc1. The lowest BCUT2D eigenvalue weighted by Gasteiger charge is -2.27. The Balaban J connectivity index is 1.33. The fraction of sp³-hybridized carbons (Fsp3) is 0.364. The lowest BCUT2D eigenvalue weighted by atomic mass is 9.98. The molecule has 0 aliphatic heterocycles. The van der Waals surface area contributed by atoms with Gasteiger partial charge in [0.25, 0.3) is 0 Å². The molecule has 2 amide bonds. The molecule has 0 bridgehead atoms. The van der Waals surface area contributed by atoms with Crippen LogP contribution in [0.2, 0.25) is 0 Å². The van der Waals surface area contributed by atoms with Gasteiger partial charge in [-0.25, -0.2) is 19.2 Å². The number of fused-ring (bicyclic) bond motifs is 3. The number of hydrogen-bond donors (Lipinski definition) is 2. The number of nitrogens with one attached hydrogen (secondary N) is 2. The summed E-state index contributed by atoms with van der Waals surface area (Å²) in [4.78, 5) is 53.7. The maximum absolute atomic E-state index is 13.9. The van der Waals surface area contributed by atoms with Crippen molar-refractivity contribution in [2.75, 3.05) is 6.61 Å². The molecule has 4 aromatic carbocycles. The van der Waals surface area contributed by atoms with Crippen molar-refractivity contribution in [3.63, 3.8) is 0 Å². The summed E-state index contributed by atoms with van der Waals surface area (Å²) in [5.41, 5.74) is 4.39. The summed E-state index contributed by atoms with van der Waals surface area (Å²) in [5.74, 6) is -1.26. The second kappa shape index (κ2) is 17.5. The first-order valence-electron chi connectivity index (χ1n) is 18.4. The van der Waals surface area contributed by atoms with Crippen molar-refractivity contribution >= 4 is 24.1 Å². The second-order valence-corrected chi connectivity index (χ2v) is 15.4. The molecule has 5 rings (SSSR count). The van der Waals surface area contributed by atoms with Crippen LogP contribution in [0.15, 0.2) is 103 Å². The van der Waals surface area contributed by atoms with Crippen LogP contribution in [0.25, 0.3) is 11.1 Å². The van der Waals surface area contributed by atoms with E-state index in [-0.39, 0.29) is 25.6 Å². The van der Waals surface area contributed by atoms with Crippen LogP contribution in [0.1, 0.15) is 76.6 Å². The molecule has 11 heteroatoms. The summed E-state index contributed by atoms with van der Waals surface area (Å²) in [6.07, 6.45) is -2.94. The molecule has 1 aliphatic rings. The molecule has 0 fully saturated rings. The first-order chi connectivity index (χ1) is 26.1. The maximum atomic E-state index is 13.9. The number of ether oxygens (including phenoxy) is 5. The Hall–Kier alpha value is -5.84. The van der Waals surface area contributed by atoms with Gasteiger partial charge in [0.2, 0.25) is 0 Å². The molecule has 1 aliphatic carbocycles. The van der Waals surface area contributed by atoms with Crippen LogP contribution in [0.5, 0.6) is 5.75 Å². The summed E-state index contributed by atoms with van der Waals surface area (Å²) in [5, 5.41) is 5.18. The van der Waals surface area contributed by atoms with Crippen LogP contribution < -0.4 is 15.4 Å². The molecule has 0 saturated heterocycles. The molecule has 0 radical (unpaired) electrons. The van der Waals surface area contributed by atoms with Crippen molar-refractivity contribution < 1.29 is 42.9 Å². The van der Waals surface area contributed by atoms with Gasteiger partial charge in [0.1, 0.15) is 42.3 Å². The lowest BCUT2D eigenvalue weighted by Crippen LogP contribution is -2.53. The van der Waals surface area contributed by atoms with E-state index in [1.807, 2.05) is 75.4 Å². The third-order valence-corrected chi connectivity index (χ3v) is 8.63. The topological polar surface area (TPSA) is 138 Å². The van der Waals surface area contributed by atoms with Gasteiger partial charge in [-0.3, -0.25) is 0 Å². The number of benzene rings is 4. The van der Waals surface area contributed by atoms with Crippen LogP contribution in [-0.4, -0.2) is 60.1 Å². The zero-order valence-electron chi connectivity index (χ0n) is 32.4. The number of carbonyl (C=O) groups excluding carboxylic acids is 4. The number of hydrogen-bond acceptors (Lipinski definition) is 9. The van der Waals surface area contributed by atoms with Crippen LogP contribution in [0, 0.1) is 0 Å². The summed E-state index contributed by atoms with van der Waals surface area (Å²) in [6, 6.07) is 29.4. The number of rotatable bonds is 13. The second-order valence-electron chi connectivity index (χ2n) is 15.4. The fourth-order valence-corrected chi connectivity index (χ4v) is 6.21. The van der Waals surface area contributed by atoms with Crippen LogP contribution >= 0.6 is 0 Å². The zero-order valence-corrected chi connectivity index (χ0v) is 32.4. The molecule has 290 valence electrons. The van der Waals surface area contributed by atoms with Crippen molar-refractivity contribution in [3.8, 4) is 16.9 Å². The molecular weight excluding hydrogens is 700 g/mol. The number of alkyl carbamates (subject to hydrolysis) is 2. The normalized spacial score (nSPS) is 13.9. The van der Waals surface area contributed by atoms with Gasteiger partial charge in [-0.15, -0.1) is 0 Å². The fourth-order valence-electron chi connectivity index (χ4n) is 6.21. The minimum Gasteiger partial charge on any atom is -0.488 e. The van der Waals surface area contributed by atoms with E-state index in [4.69, 9.17) is 23.7 Å². The molecule has 0 spiro atoms. The number of amides is 2. The van der Waals surface area contributed by atoms with Gasteiger partial charge in [-0.2, -0.15) is 0 Å². The van der Waals surface area contributed by atoms with Gasteiger partial charge in [-0.05, 0) is 94.0 Å². The average Bonchev–Trinajstić information content (AvgIpc) is 3.45. The zero-order chi connectivity index (χ0) is 39.8. The van der Waals surface area contributed by atoms with E-state index in [1.165, 1.54) is 6.92 Å². The lowest BCUT2D eigenvalue weighted by molar-refractivity contribution is -0.159. The Morgan fingerprint density at radius 1 is 0.636 bits per heavy atom. The molecule has 0 heterocycles. The largest absolute Gasteiger partial charge is 0.488 e. The average molecular weight is 751 g/mol. The molecule has 55 heavy (non-hydrogen) atoms. The maximum Gasteiger partial charge on any atom is 0.408 e. The van der Waals surface area contributed by atoms with E-state index in [1.54, 1.807) is 69.3 Å². The summed E-state index contributed by atoms with van der Waals surface area (Å²) < 4.78 is 28.4. The van der Waals surface area contributed by atoms with Crippen LogP contribution in [-0.2, 0) is 41.6 Å². The first kappa shape index (κ1) is 40.3. The highest BCUT2D eigenvalue weighted by Crippen LogP contribution is 2.44. The third-order valence-electron chi connectivity index (χ3n) is 8.63. The molecule has 2 N–H and O–H groups in total. The van der Waals surface area contributed by atoms with E-state index in [0.717, 1.165) is 27.8 Å². The molecule has 4 aromatic rings. The molecular formula is C44H50N2O9. The Morgan fingerprint density at radius 2 is 1.22 bits per heavy atom. The standard InChI is InChI=1S/C44H50N2O9/c1-28(38(46-42(50)55-44(5,6)7)40(48)51-26-30-15-9-8-10-16-30)53-39(47)37(25-29-21-23-31(24-22-29)54-43(2,3)4)45-41(49)52-27-36-34-19-13-11-17-32(34)33-18-12-14-20-35(33)36/h8-24,28,36-38H,25-27H2,1-7H3,(H,45,49)(H,46,50)/t28-,37-,38+/m1/s1. The predicted octanol–water partition coefficient (Wildman–Crippen LogP) is 7.88. The monoisotopic (exact) mass is 750 g/mol. The Morgan fingerprint density at radius 3 is 1.80 bits per heavy atom. The highest BCUT2D eigenvalue weighted by molar-refractivity contribution is 5.85. The molecule has 0 aromatic heterocycles. The van der Waals surface area contributed by atoms with Gasteiger partial charge < -0.3 is 34.3 Å². The Labute approximate surface area is 322 Å². The van der Waals surface area contributed by atoms with Gasteiger partial charge in [-0.1, -0.05) is 91.0 Å². The van der Waals surface area contributed by atoms with Crippen molar-refractivity contribution in [1.82, 2.24) is 10.6 Å². The van der Waals surface area contributed by atoms with Crippen molar-refractivity contribution in [2.45, 2.75) is 96.8 Å². The van der Waals surface area contributed by atoms with Crippen molar-refractivity contribution in [2.24, 2.45) is 0 Å². The molecule has 11 nitrogen and oxygen atoms in total. The Kier molecular flexibility index (Phi) is 12.9. The minimum absolute atomic E-state index is 0.0220. The summed E-state index contributed by atoms with van der Waals surface area (Å²) in [7, 11) is 0. The molecule has 3 atom stereocenters. The van der Waals surface area contributed by atoms with Crippen LogP contribution in [0.3, 0.4) is 0 Å². The smallest absolute Gasteiger partial charge is 0.408 e. The van der Waals surface area contributed by atoms with Gasteiger partial charge in [0.05, 0.1) is 0 Å². The van der Waals surface area contributed by atoms with Crippen LogP contribution in [0.4, 0.5) is 9.59 Å².